The number of sulfonamides is 1. The van der Waals surface area contributed by atoms with Crippen molar-refractivity contribution in [3.05, 3.63) is 41.6 Å². The van der Waals surface area contributed by atoms with E-state index in [2.05, 4.69) is 25.7 Å². The lowest BCUT2D eigenvalue weighted by atomic mass is 9.81. The van der Waals surface area contributed by atoms with Crippen LogP contribution in [0.2, 0.25) is 19.6 Å². The molecule has 1 fully saturated rings. The monoisotopic (exact) mass is 407 g/mol. The molecular formula is C21H33NO3SSi. The molecule has 2 aliphatic rings. The molecule has 27 heavy (non-hydrogen) atoms. The number of hydrogen-bond donors (Lipinski definition) is 0. The van der Waals surface area contributed by atoms with Gasteiger partial charge in [-0.2, -0.15) is 0 Å². The number of nitrogens with zero attached hydrogens (tertiary/aromatic N) is 1. The summed E-state index contributed by atoms with van der Waals surface area (Å²) in [7, 11) is -5.41. The van der Waals surface area contributed by atoms with E-state index in [4.69, 9.17) is 4.43 Å². The molecule has 0 amide bonds. The van der Waals surface area contributed by atoms with Gasteiger partial charge in [0.05, 0.1) is 16.2 Å². The average Bonchev–Trinajstić information content (AvgIpc) is 2.61. The highest BCUT2D eigenvalue weighted by Crippen LogP contribution is 2.44. The zero-order valence-corrected chi connectivity index (χ0v) is 18.9. The standard InChI is InChI=1S/C21H33NO3SSi/c1-18-11-13-19(14-12-18)26(23,24)22-17-9-6-10-20(22)21(25-27(2,3)4)15-7-5-8-16-21/h10-14H,5-9,15-17H2,1-4H3. The predicted octanol–water partition coefficient (Wildman–Crippen LogP) is 5.22. The molecule has 6 heteroatoms. The van der Waals surface area contributed by atoms with Gasteiger partial charge in [-0.05, 0) is 64.4 Å². The Hall–Kier alpha value is -1.11. The molecule has 150 valence electrons. The maximum absolute atomic E-state index is 13.5. The minimum atomic E-state index is -3.57. The normalized spacial score (nSPS) is 21.0. The fraction of sp³-hybridized carbons (Fsp3) is 0.619. The molecule has 1 heterocycles. The van der Waals surface area contributed by atoms with Gasteiger partial charge in [0.2, 0.25) is 0 Å². The first kappa shape index (κ1) is 20.6. The molecule has 0 N–H and O–H groups in total. The first-order chi connectivity index (χ1) is 12.6. The highest BCUT2D eigenvalue weighted by atomic mass is 32.2. The van der Waals surface area contributed by atoms with Crippen LogP contribution in [0.3, 0.4) is 0 Å². The third-order valence-electron chi connectivity index (χ3n) is 5.41. The third-order valence-corrected chi connectivity index (χ3v) is 8.24. The molecule has 1 aromatic carbocycles. The lowest BCUT2D eigenvalue weighted by Gasteiger charge is -2.47. The van der Waals surface area contributed by atoms with Crippen LogP contribution in [-0.2, 0) is 14.4 Å². The molecule has 0 spiro atoms. The summed E-state index contributed by atoms with van der Waals surface area (Å²) in [6.45, 7) is 9.11. The molecule has 0 bridgehead atoms. The van der Waals surface area contributed by atoms with Crippen LogP contribution in [0.5, 0.6) is 0 Å². The Morgan fingerprint density at radius 3 is 2.22 bits per heavy atom. The minimum Gasteiger partial charge on any atom is -0.407 e. The fourth-order valence-electron chi connectivity index (χ4n) is 4.32. The van der Waals surface area contributed by atoms with Crippen LogP contribution in [0.25, 0.3) is 0 Å². The van der Waals surface area contributed by atoms with Crippen LogP contribution < -0.4 is 0 Å². The number of allylic oxidation sites excluding steroid dienone is 1. The van der Waals surface area contributed by atoms with E-state index < -0.39 is 23.9 Å². The van der Waals surface area contributed by atoms with Crippen molar-refractivity contribution in [2.75, 3.05) is 6.54 Å². The summed E-state index contributed by atoms with van der Waals surface area (Å²) in [4.78, 5) is 0.375. The Bertz CT molecular complexity index is 788. The van der Waals surface area contributed by atoms with Crippen LogP contribution in [0.4, 0.5) is 0 Å². The van der Waals surface area contributed by atoms with Crippen molar-refractivity contribution >= 4 is 18.3 Å². The van der Waals surface area contributed by atoms with Gasteiger partial charge in [-0.25, -0.2) is 8.42 Å². The van der Waals surface area contributed by atoms with Crippen molar-refractivity contribution < 1.29 is 12.8 Å². The molecule has 1 aromatic rings. The highest BCUT2D eigenvalue weighted by molar-refractivity contribution is 7.89. The summed E-state index contributed by atoms with van der Waals surface area (Å²) in [6.07, 6.45) is 9.16. The molecule has 1 saturated carbocycles. The zero-order valence-electron chi connectivity index (χ0n) is 17.1. The van der Waals surface area contributed by atoms with Crippen molar-refractivity contribution in [1.82, 2.24) is 4.31 Å². The van der Waals surface area contributed by atoms with Gasteiger partial charge in [-0.1, -0.05) is 43.0 Å². The van der Waals surface area contributed by atoms with Gasteiger partial charge >= 0.3 is 0 Å². The van der Waals surface area contributed by atoms with Gasteiger partial charge in [0.25, 0.3) is 10.0 Å². The Kier molecular flexibility index (Phi) is 5.90. The first-order valence-corrected chi connectivity index (χ1v) is 15.0. The second-order valence-corrected chi connectivity index (χ2v) is 15.2. The quantitative estimate of drug-likeness (QED) is 0.629. The molecule has 0 atom stereocenters. The zero-order chi connectivity index (χ0) is 19.7. The van der Waals surface area contributed by atoms with Crippen LogP contribution >= 0.6 is 0 Å². The van der Waals surface area contributed by atoms with Gasteiger partial charge in [0, 0.05) is 6.54 Å². The van der Waals surface area contributed by atoms with Crippen molar-refractivity contribution in [1.29, 1.82) is 0 Å². The van der Waals surface area contributed by atoms with E-state index in [1.54, 1.807) is 16.4 Å². The molecule has 0 radical (unpaired) electrons. The van der Waals surface area contributed by atoms with Crippen molar-refractivity contribution in [2.45, 2.75) is 82.0 Å². The highest BCUT2D eigenvalue weighted by Gasteiger charge is 2.45. The summed E-state index contributed by atoms with van der Waals surface area (Å²) in [5, 5.41) is 0. The second kappa shape index (κ2) is 7.72. The van der Waals surface area contributed by atoms with E-state index in [0.717, 1.165) is 49.8 Å². The van der Waals surface area contributed by atoms with Crippen LogP contribution in [0.1, 0.15) is 50.5 Å². The molecule has 0 aromatic heterocycles. The summed E-state index contributed by atoms with van der Waals surface area (Å²) in [5.74, 6) is 0. The molecule has 1 aliphatic heterocycles. The summed E-state index contributed by atoms with van der Waals surface area (Å²) in [5.41, 5.74) is 1.52. The number of benzene rings is 1. The molecule has 0 unspecified atom stereocenters. The topological polar surface area (TPSA) is 46.6 Å². The van der Waals surface area contributed by atoms with Crippen molar-refractivity contribution in [3.8, 4) is 0 Å². The molecule has 3 rings (SSSR count). The number of aryl methyl sites for hydroxylation is 1. The van der Waals surface area contributed by atoms with E-state index in [1.165, 1.54) is 6.42 Å². The Labute approximate surface area is 165 Å². The van der Waals surface area contributed by atoms with Gasteiger partial charge < -0.3 is 4.43 Å². The smallest absolute Gasteiger partial charge is 0.264 e. The maximum Gasteiger partial charge on any atom is 0.264 e. The number of hydrogen-bond acceptors (Lipinski definition) is 3. The fourth-order valence-corrected chi connectivity index (χ4v) is 7.40. The minimum absolute atomic E-state index is 0.375. The van der Waals surface area contributed by atoms with Gasteiger partial charge in [-0.3, -0.25) is 4.31 Å². The van der Waals surface area contributed by atoms with E-state index >= 15 is 0 Å². The van der Waals surface area contributed by atoms with E-state index in [-0.39, 0.29) is 0 Å². The van der Waals surface area contributed by atoms with Crippen molar-refractivity contribution in [2.24, 2.45) is 0 Å². The Morgan fingerprint density at radius 2 is 1.63 bits per heavy atom. The van der Waals surface area contributed by atoms with Gasteiger partial charge in [-0.15, -0.1) is 0 Å². The average molecular weight is 408 g/mol. The lowest BCUT2D eigenvalue weighted by molar-refractivity contribution is 0.0386. The molecular weight excluding hydrogens is 374 g/mol. The SMILES string of the molecule is Cc1ccc(S(=O)(=O)N2CCCC=C2C2(O[Si](C)(C)C)CCCCC2)cc1. The lowest BCUT2D eigenvalue weighted by Crippen LogP contribution is -2.52. The van der Waals surface area contributed by atoms with Crippen molar-refractivity contribution in [3.63, 3.8) is 0 Å². The predicted molar refractivity (Wildman–Crippen MR) is 113 cm³/mol. The molecule has 4 nitrogen and oxygen atoms in total. The van der Waals surface area contributed by atoms with E-state index in [9.17, 15) is 8.42 Å². The van der Waals surface area contributed by atoms with Gasteiger partial charge in [0.1, 0.15) is 0 Å². The largest absolute Gasteiger partial charge is 0.407 e. The summed E-state index contributed by atoms with van der Waals surface area (Å²) in [6, 6.07) is 7.19. The third kappa shape index (κ3) is 4.49. The first-order valence-electron chi connectivity index (χ1n) is 10.1. The van der Waals surface area contributed by atoms with E-state index in [1.807, 2.05) is 19.1 Å². The summed E-state index contributed by atoms with van der Waals surface area (Å²) < 4.78 is 35.4. The Morgan fingerprint density at radius 1 is 1.00 bits per heavy atom. The number of rotatable bonds is 5. The van der Waals surface area contributed by atoms with Crippen LogP contribution in [0, 0.1) is 6.92 Å². The van der Waals surface area contributed by atoms with E-state index in [0.29, 0.717) is 11.4 Å². The Balaban J connectivity index is 2.03. The maximum atomic E-state index is 13.5. The molecule has 0 saturated heterocycles. The molecule has 1 aliphatic carbocycles. The van der Waals surface area contributed by atoms with Gasteiger partial charge in [0.15, 0.2) is 8.32 Å². The van der Waals surface area contributed by atoms with Crippen LogP contribution in [0.15, 0.2) is 40.9 Å². The summed E-state index contributed by atoms with van der Waals surface area (Å²) >= 11 is 0. The van der Waals surface area contributed by atoms with Crippen LogP contribution in [-0.4, -0.2) is 33.2 Å². The second-order valence-electron chi connectivity index (χ2n) is 8.89.